The lowest BCUT2D eigenvalue weighted by Crippen LogP contribution is -2.14. The lowest BCUT2D eigenvalue weighted by Gasteiger charge is -2.21. The van der Waals surface area contributed by atoms with Crippen LogP contribution in [0.15, 0.2) is 146 Å². The second kappa shape index (κ2) is 8.83. The first kappa shape index (κ1) is 24.3. The average Bonchev–Trinajstić information content (AvgIpc) is 3.66. The van der Waals surface area contributed by atoms with Crippen LogP contribution in [0.1, 0.15) is 25.0 Å². The number of aromatic nitrogens is 2. The highest BCUT2D eigenvalue weighted by molar-refractivity contribution is 6.09. The van der Waals surface area contributed by atoms with Gasteiger partial charge in [-0.3, -0.25) is 0 Å². The molecule has 0 N–H and O–H groups in total. The molecule has 2 nitrogen and oxygen atoms in total. The highest BCUT2D eigenvalue weighted by Crippen LogP contribution is 2.54. The van der Waals surface area contributed by atoms with Crippen LogP contribution in [0.4, 0.5) is 0 Å². The van der Waals surface area contributed by atoms with Crippen molar-refractivity contribution in [3.63, 3.8) is 0 Å². The van der Waals surface area contributed by atoms with Crippen molar-refractivity contribution in [2.24, 2.45) is 0 Å². The van der Waals surface area contributed by atoms with Gasteiger partial charge in [-0.25, -0.2) is 0 Å². The first-order valence-electron chi connectivity index (χ1n) is 15.0. The van der Waals surface area contributed by atoms with E-state index in [1.807, 2.05) is 0 Å². The van der Waals surface area contributed by atoms with Gasteiger partial charge in [-0.05, 0) is 64.7 Å². The fourth-order valence-corrected chi connectivity index (χ4v) is 7.58. The van der Waals surface area contributed by atoms with Gasteiger partial charge in [-0.2, -0.15) is 0 Å². The van der Waals surface area contributed by atoms with Crippen molar-refractivity contribution in [2.45, 2.75) is 19.3 Å². The molecule has 0 fully saturated rings. The van der Waals surface area contributed by atoms with Gasteiger partial charge in [0, 0.05) is 38.5 Å². The van der Waals surface area contributed by atoms with Crippen LogP contribution in [0.25, 0.3) is 66.5 Å². The van der Waals surface area contributed by atoms with Crippen molar-refractivity contribution in [3.8, 4) is 33.8 Å². The molecule has 0 bridgehead atoms. The van der Waals surface area contributed by atoms with Gasteiger partial charge < -0.3 is 9.13 Å². The number of para-hydroxylation sites is 2. The zero-order valence-corrected chi connectivity index (χ0v) is 24.3. The molecule has 43 heavy (non-hydrogen) atoms. The molecule has 2 heterocycles. The molecule has 0 amide bonds. The van der Waals surface area contributed by atoms with Gasteiger partial charge in [-0.15, -0.1) is 0 Å². The van der Waals surface area contributed by atoms with Gasteiger partial charge in [0.25, 0.3) is 0 Å². The monoisotopic (exact) mass is 550 g/mol. The summed E-state index contributed by atoms with van der Waals surface area (Å²) in [5, 5.41) is 3.88. The fourth-order valence-electron chi connectivity index (χ4n) is 7.58. The Morgan fingerprint density at radius 3 is 1.72 bits per heavy atom. The standard InChI is InChI=1S/C41H30N2/c1-41(2)35-17-9-6-16-33(35)40-39(41)34-26-30(42-36-18-10-7-14-31(36)32-15-8-11-19-37(32)42)24-25-38(34)43(40)29-22-20-28(21-23-29)27-12-4-3-5-13-27/h3-26H,1-2H3. The topological polar surface area (TPSA) is 9.86 Å². The minimum absolute atomic E-state index is 0.126. The number of hydrogen-bond acceptors (Lipinski definition) is 0. The van der Waals surface area contributed by atoms with Crippen LogP contribution in [-0.4, -0.2) is 9.13 Å². The smallest absolute Gasteiger partial charge is 0.0585 e. The van der Waals surface area contributed by atoms with Gasteiger partial charge in [0.15, 0.2) is 0 Å². The summed E-state index contributed by atoms with van der Waals surface area (Å²) >= 11 is 0. The number of fused-ring (bicyclic) bond motifs is 8. The molecule has 0 saturated heterocycles. The third kappa shape index (κ3) is 3.35. The Hall–Kier alpha value is -5.34. The van der Waals surface area contributed by atoms with E-state index in [2.05, 4.69) is 169 Å². The highest BCUT2D eigenvalue weighted by Gasteiger charge is 2.40. The molecule has 8 aromatic rings. The first-order valence-corrected chi connectivity index (χ1v) is 15.0. The molecule has 0 aliphatic heterocycles. The zero-order chi connectivity index (χ0) is 28.7. The van der Waals surface area contributed by atoms with Crippen LogP contribution in [0.5, 0.6) is 0 Å². The molecular weight excluding hydrogens is 520 g/mol. The number of hydrogen-bond donors (Lipinski definition) is 0. The van der Waals surface area contributed by atoms with E-state index < -0.39 is 0 Å². The van der Waals surface area contributed by atoms with Crippen molar-refractivity contribution < 1.29 is 0 Å². The molecule has 0 saturated carbocycles. The Morgan fingerprint density at radius 1 is 0.442 bits per heavy atom. The van der Waals surface area contributed by atoms with E-state index in [0.29, 0.717) is 0 Å². The third-order valence-corrected chi connectivity index (χ3v) is 9.50. The van der Waals surface area contributed by atoms with Crippen molar-refractivity contribution >= 4 is 32.7 Å². The Balaban J connectivity index is 1.33. The van der Waals surface area contributed by atoms with Crippen LogP contribution in [0.2, 0.25) is 0 Å². The summed E-state index contributed by atoms with van der Waals surface area (Å²) < 4.78 is 4.92. The Morgan fingerprint density at radius 2 is 1.00 bits per heavy atom. The van der Waals surface area contributed by atoms with E-state index in [9.17, 15) is 0 Å². The molecule has 6 aromatic carbocycles. The SMILES string of the molecule is CC1(C)c2ccccc2-c2c1c1cc(-n3c4ccccc4c4ccccc43)ccc1n2-c1ccc(-c2ccccc2)cc1. The molecule has 9 rings (SSSR count). The predicted octanol–water partition coefficient (Wildman–Crippen LogP) is 10.7. The summed E-state index contributed by atoms with van der Waals surface area (Å²) in [6.45, 7) is 4.76. The van der Waals surface area contributed by atoms with E-state index in [1.165, 1.54) is 77.6 Å². The zero-order valence-electron chi connectivity index (χ0n) is 24.3. The molecule has 1 aliphatic rings. The number of nitrogens with zero attached hydrogens (tertiary/aromatic N) is 2. The Bertz CT molecular complexity index is 2300. The van der Waals surface area contributed by atoms with Gasteiger partial charge in [-0.1, -0.05) is 117 Å². The lowest BCUT2D eigenvalue weighted by atomic mass is 9.81. The van der Waals surface area contributed by atoms with Crippen molar-refractivity contribution in [2.75, 3.05) is 0 Å². The fraction of sp³-hybridized carbons (Fsp3) is 0.0732. The summed E-state index contributed by atoms with van der Waals surface area (Å²) in [6, 6.07) is 53.2. The van der Waals surface area contributed by atoms with E-state index in [4.69, 9.17) is 0 Å². The second-order valence-corrected chi connectivity index (χ2v) is 12.2. The van der Waals surface area contributed by atoms with Crippen LogP contribution < -0.4 is 0 Å². The third-order valence-electron chi connectivity index (χ3n) is 9.50. The molecule has 2 heteroatoms. The average molecular weight is 551 g/mol. The van der Waals surface area contributed by atoms with Crippen molar-refractivity contribution in [3.05, 3.63) is 157 Å². The normalized spacial score (nSPS) is 13.5. The summed E-state index contributed by atoms with van der Waals surface area (Å²) in [7, 11) is 0. The van der Waals surface area contributed by atoms with Crippen LogP contribution in [0, 0.1) is 0 Å². The first-order chi connectivity index (χ1) is 21.1. The molecule has 1 aliphatic carbocycles. The largest absolute Gasteiger partial charge is 0.309 e. The van der Waals surface area contributed by atoms with Crippen molar-refractivity contribution in [1.29, 1.82) is 0 Å². The number of rotatable bonds is 3. The van der Waals surface area contributed by atoms with Gasteiger partial charge in [0.1, 0.15) is 0 Å². The van der Waals surface area contributed by atoms with E-state index in [-0.39, 0.29) is 5.41 Å². The molecule has 0 unspecified atom stereocenters. The molecule has 0 atom stereocenters. The van der Waals surface area contributed by atoms with E-state index >= 15 is 0 Å². The second-order valence-electron chi connectivity index (χ2n) is 12.2. The van der Waals surface area contributed by atoms with E-state index in [0.717, 1.165) is 0 Å². The van der Waals surface area contributed by atoms with Gasteiger partial charge >= 0.3 is 0 Å². The van der Waals surface area contributed by atoms with Crippen LogP contribution >= 0.6 is 0 Å². The quantitative estimate of drug-likeness (QED) is 0.207. The molecule has 2 aromatic heterocycles. The van der Waals surface area contributed by atoms with Gasteiger partial charge in [0.05, 0.1) is 22.2 Å². The van der Waals surface area contributed by atoms with Crippen LogP contribution in [-0.2, 0) is 5.41 Å². The van der Waals surface area contributed by atoms with E-state index in [1.54, 1.807) is 0 Å². The van der Waals surface area contributed by atoms with Crippen molar-refractivity contribution in [1.82, 2.24) is 9.13 Å². The molecule has 0 radical (unpaired) electrons. The molecule has 204 valence electrons. The minimum atomic E-state index is -0.126. The highest BCUT2D eigenvalue weighted by atomic mass is 15.0. The summed E-state index contributed by atoms with van der Waals surface area (Å²) in [5.41, 5.74) is 13.8. The summed E-state index contributed by atoms with van der Waals surface area (Å²) in [5.74, 6) is 0. The maximum Gasteiger partial charge on any atom is 0.0585 e. The summed E-state index contributed by atoms with van der Waals surface area (Å²) in [6.07, 6.45) is 0. The van der Waals surface area contributed by atoms with Gasteiger partial charge in [0.2, 0.25) is 0 Å². The molecule has 0 spiro atoms. The maximum atomic E-state index is 2.49. The lowest BCUT2D eigenvalue weighted by molar-refractivity contribution is 0.666. The molecular formula is C41H30N2. The maximum absolute atomic E-state index is 2.49. The Kier molecular flexibility index (Phi) is 4.99. The predicted molar refractivity (Wildman–Crippen MR) is 181 cm³/mol. The summed E-state index contributed by atoms with van der Waals surface area (Å²) in [4.78, 5) is 0. The number of benzene rings is 6. The Labute approximate surface area is 251 Å². The van der Waals surface area contributed by atoms with Crippen LogP contribution in [0.3, 0.4) is 0 Å². The minimum Gasteiger partial charge on any atom is -0.309 e.